The Labute approximate surface area is 208 Å². The van der Waals surface area contributed by atoms with Gasteiger partial charge in [-0.2, -0.15) is 9.55 Å². The van der Waals surface area contributed by atoms with Crippen LogP contribution in [0.2, 0.25) is 10.2 Å². The van der Waals surface area contributed by atoms with Gasteiger partial charge in [0.15, 0.2) is 17.6 Å². The number of hydrogen-bond acceptors (Lipinski definition) is 5. The SMILES string of the molecule is CCC1C2CCC1[n+]1c(ccc(Nc3ncc(Cl)c(Nc4ccccc4C(=O)NC)n3)c1Cl)C2. The summed E-state index contributed by atoms with van der Waals surface area (Å²) >= 11 is 13.3. The number of carbonyl (C=O) groups excluding carboxylic acids is 1. The molecule has 0 radical (unpaired) electrons. The molecule has 176 valence electrons. The minimum atomic E-state index is -0.205. The molecule has 3 aromatic rings. The lowest BCUT2D eigenvalue weighted by atomic mass is 9.84. The first-order valence-electron chi connectivity index (χ1n) is 11.6. The molecule has 3 N–H and O–H groups in total. The molecule has 5 rings (SSSR count). The molecule has 2 aromatic heterocycles. The Morgan fingerprint density at radius 3 is 2.74 bits per heavy atom. The summed E-state index contributed by atoms with van der Waals surface area (Å²) in [6, 6.07) is 11.8. The molecule has 2 aliphatic rings. The van der Waals surface area contributed by atoms with E-state index in [0.717, 1.165) is 18.0 Å². The van der Waals surface area contributed by atoms with Crippen molar-refractivity contribution in [3.05, 3.63) is 64.0 Å². The zero-order chi connectivity index (χ0) is 23.8. The lowest BCUT2D eigenvalue weighted by molar-refractivity contribution is -0.737. The van der Waals surface area contributed by atoms with E-state index in [2.05, 4.69) is 43.5 Å². The van der Waals surface area contributed by atoms with Crippen LogP contribution in [-0.2, 0) is 6.42 Å². The molecule has 7 nitrogen and oxygen atoms in total. The number of aromatic nitrogens is 3. The monoisotopic (exact) mass is 497 g/mol. The summed E-state index contributed by atoms with van der Waals surface area (Å²) in [6.07, 6.45) is 6.20. The van der Waals surface area contributed by atoms with E-state index in [1.54, 1.807) is 25.2 Å². The fraction of sp³-hybridized carbons (Fsp3) is 0.360. The van der Waals surface area contributed by atoms with Crippen molar-refractivity contribution in [1.82, 2.24) is 15.3 Å². The average molecular weight is 498 g/mol. The van der Waals surface area contributed by atoms with Crippen LogP contribution in [0.15, 0.2) is 42.6 Å². The minimum absolute atomic E-state index is 0.205. The van der Waals surface area contributed by atoms with Crippen LogP contribution in [-0.4, -0.2) is 22.9 Å². The standard InChI is InChI=1S/C25H26Cl2N6O/c1-3-16-14-8-11-21(16)33-15(12-14)9-10-20(22(33)27)31-25-29-13-18(26)23(32-25)30-19-7-5-4-6-17(19)24(34)28-2/h4-7,9-10,13-14,16,21H,3,8,11-12H2,1-2H3,(H2-,28,29,30,31,32,34)/p+1. The Hall–Kier alpha value is -2.90. The van der Waals surface area contributed by atoms with Gasteiger partial charge in [-0.05, 0) is 48.6 Å². The number of anilines is 4. The summed E-state index contributed by atoms with van der Waals surface area (Å²) in [6.45, 7) is 2.27. The van der Waals surface area contributed by atoms with Crippen LogP contribution in [0, 0.1) is 11.8 Å². The molecule has 3 atom stereocenters. The summed E-state index contributed by atoms with van der Waals surface area (Å²) in [7, 11) is 1.59. The molecular formula is C25H27Cl2N6O+. The van der Waals surface area contributed by atoms with Crippen LogP contribution in [0.1, 0.15) is 48.3 Å². The van der Waals surface area contributed by atoms with E-state index in [1.165, 1.54) is 31.2 Å². The van der Waals surface area contributed by atoms with Gasteiger partial charge in [0.05, 0.1) is 17.4 Å². The Kier molecular flexibility index (Phi) is 6.32. The van der Waals surface area contributed by atoms with Crippen molar-refractivity contribution in [2.45, 2.75) is 38.6 Å². The van der Waals surface area contributed by atoms with Gasteiger partial charge in [0, 0.05) is 31.9 Å². The number of para-hydroxylation sites is 1. The number of halogens is 2. The summed E-state index contributed by atoms with van der Waals surface area (Å²) < 4.78 is 2.30. The van der Waals surface area contributed by atoms with Gasteiger partial charge < -0.3 is 16.0 Å². The first-order chi connectivity index (χ1) is 16.5. The van der Waals surface area contributed by atoms with Crippen LogP contribution >= 0.6 is 23.2 Å². The molecule has 1 aromatic carbocycles. The average Bonchev–Trinajstić information content (AvgIpc) is 3.14. The van der Waals surface area contributed by atoms with Crippen LogP contribution in [0.4, 0.5) is 23.1 Å². The minimum Gasteiger partial charge on any atom is -0.355 e. The van der Waals surface area contributed by atoms with E-state index in [4.69, 9.17) is 23.2 Å². The first kappa shape index (κ1) is 22.9. The second kappa shape index (κ2) is 9.39. The number of pyridine rings is 1. The van der Waals surface area contributed by atoms with Crippen LogP contribution < -0.4 is 20.5 Å². The molecule has 1 saturated carbocycles. The van der Waals surface area contributed by atoms with E-state index >= 15 is 0 Å². The normalized spacial score (nSPS) is 20.5. The van der Waals surface area contributed by atoms with Crippen molar-refractivity contribution in [3.63, 3.8) is 0 Å². The first-order valence-corrected chi connectivity index (χ1v) is 12.4. The third-order valence-electron chi connectivity index (χ3n) is 7.04. The van der Waals surface area contributed by atoms with Crippen LogP contribution in [0.25, 0.3) is 0 Å². The highest BCUT2D eigenvalue weighted by molar-refractivity contribution is 6.33. The number of benzene rings is 1. The maximum absolute atomic E-state index is 12.2. The Morgan fingerprint density at radius 1 is 1.12 bits per heavy atom. The second-order valence-electron chi connectivity index (χ2n) is 8.85. The van der Waals surface area contributed by atoms with Gasteiger partial charge in [-0.3, -0.25) is 4.79 Å². The van der Waals surface area contributed by atoms with Gasteiger partial charge >= 0.3 is 0 Å². The Bertz CT molecular complexity index is 1250. The zero-order valence-corrected chi connectivity index (χ0v) is 20.6. The summed E-state index contributed by atoms with van der Waals surface area (Å²) in [5, 5.41) is 10.1. The zero-order valence-electron chi connectivity index (χ0n) is 19.1. The molecule has 0 spiro atoms. The van der Waals surface area contributed by atoms with E-state index < -0.39 is 0 Å². The van der Waals surface area contributed by atoms with Crippen LogP contribution in [0.5, 0.6) is 0 Å². The Morgan fingerprint density at radius 2 is 1.94 bits per heavy atom. The van der Waals surface area contributed by atoms with E-state index in [-0.39, 0.29) is 5.91 Å². The predicted molar refractivity (Wildman–Crippen MR) is 134 cm³/mol. The fourth-order valence-corrected chi connectivity index (χ4v) is 5.95. The number of amides is 1. The number of nitrogens with one attached hydrogen (secondary N) is 3. The van der Waals surface area contributed by atoms with E-state index in [0.29, 0.717) is 45.2 Å². The van der Waals surface area contributed by atoms with Crippen molar-refractivity contribution in [2.75, 3.05) is 17.7 Å². The lowest BCUT2D eigenvalue weighted by Gasteiger charge is -2.27. The fourth-order valence-electron chi connectivity index (χ4n) is 5.47. The lowest BCUT2D eigenvalue weighted by Crippen LogP contribution is -2.50. The topological polar surface area (TPSA) is 82.8 Å². The maximum atomic E-state index is 12.2. The second-order valence-corrected chi connectivity index (χ2v) is 9.61. The highest BCUT2D eigenvalue weighted by Crippen LogP contribution is 2.45. The van der Waals surface area contributed by atoms with Crippen molar-refractivity contribution in [1.29, 1.82) is 0 Å². The third kappa shape index (κ3) is 4.07. The maximum Gasteiger partial charge on any atom is 0.299 e. The molecule has 9 heteroatoms. The number of hydrogen-bond donors (Lipinski definition) is 3. The number of carbonyl (C=O) groups is 1. The molecular weight excluding hydrogens is 471 g/mol. The molecule has 0 saturated heterocycles. The quantitative estimate of drug-likeness (QED) is 0.311. The third-order valence-corrected chi connectivity index (χ3v) is 7.70. The highest BCUT2D eigenvalue weighted by atomic mass is 35.5. The molecule has 3 unspecified atom stereocenters. The molecule has 1 fully saturated rings. The van der Waals surface area contributed by atoms with Gasteiger partial charge in [0.25, 0.3) is 11.1 Å². The molecule has 1 amide bonds. The van der Waals surface area contributed by atoms with Crippen LogP contribution in [0.3, 0.4) is 0 Å². The van der Waals surface area contributed by atoms with E-state index in [1.807, 2.05) is 12.1 Å². The van der Waals surface area contributed by atoms with E-state index in [9.17, 15) is 4.79 Å². The smallest absolute Gasteiger partial charge is 0.299 e. The van der Waals surface area contributed by atoms with Gasteiger partial charge in [-0.15, -0.1) is 0 Å². The van der Waals surface area contributed by atoms with Crippen molar-refractivity contribution in [2.24, 2.45) is 11.8 Å². The predicted octanol–water partition coefficient (Wildman–Crippen LogP) is 5.45. The Balaban J connectivity index is 1.43. The number of fused-ring (bicyclic) bond motifs is 4. The van der Waals surface area contributed by atoms with Gasteiger partial charge in [0.1, 0.15) is 10.7 Å². The summed E-state index contributed by atoms with van der Waals surface area (Å²) in [4.78, 5) is 21.1. The summed E-state index contributed by atoms with van der Waals surface area (Å²) in [5.41, 5.74) is 3.13. The molecule has 34 heavy (non-hydrogen) atoms. The van der Waals surface area contributed by atoms with Gasteiger partial charge in [0.2, 0.25) is 5.95 Å². The molecule has 2 bridgehead atoms. The largest absolute Gasteiger partial charge is 0.355 e. The molecule has 1 aliphatic heterocycles. The molecule has 1 aliphatic carbocycles. The van der Waals surface area contributed by atoms with Crippen molar-refractivity contribution >= 4 is 52.3 Å². The highest BCUT2D eigenvalue weighted by Gasteiger charge is 2.48. The van der Waals surface area contributed by atoms with Crippen molar-refractivity contribution < 1.29 is 9.36 Å². The number of rotatable bonds is 6. The number of nitrogens with zero attached hydrogens (tertiary/aromatic N) is 3. The van der Waals surface area contributed by atoms with Gasteiger partial charge in [-0.1, -0.05) is 30.7 Å². The van der Waals surface area contributed by atoms with Crippen molar-refractivity contribution in [3.8, 4) is 0 Å². The molecule has 3 heterocycles. The summed E-state index contributed by atoms with van der Waals surface area (Å²) in [5.74, 6) is 1.98. The van der Waals surface area contributed by atoms with Gasteiger partial charge in [-0.25, -0.2) is 4.98 Å².